The number of carbonyl (C=O) groups is 2. The van der Waals surface area contributed by atoms with E-state index in [4.69, 9.17) is 9.15 Å². The number of nitrogens with zero attached hydrogens (tertiary/aromatic N) is 1. The number of ether oxygens (including phenoxy) is 1. The minimum absolute atomic E-state index is 0.0477. The maximum absolute atomic E-state index is 13.2. The standard InChI is InChI=1S/C21H19NO5/c1-4-15(23)26-14-7-5-6-12-8-9-13-18(17(12)14)19(24)10(2)16-11(3)21(22-25)27-20(13)16/h8-9,14H,2,4-7H2,1,3H3. The molecular weight excluding hydrogens is 346 g/mol. The van der Waals surface area contributed by atoms with E-state index in [1.54, 1.807) is 13.8 Å². The quantitative estimate of drug-likeness (QED) is 0.424. The molecule has 0 saturated heterocycles. The van der Waals surface area contributed by atoms with Crippen molar-refractivity contribution in [3.05, 3.63) is 51.4 Å². The number of ketones is 1. The molecule has 1 atom stereocenters. The summed E-state index contributed by atoms with van der Waals surface area (Å²) in [5.74, 6) is -0.145. The van der Waals surface area contributed by atoms with Crippen molar-refractivity contribution in [1.82, 2.24) is 0 Å². The van der Waals surface area contributed by atoms with E-state index in [2.05, 4.69) is 11.8 Å². The lowest BCUT2D eigenvalue weighted by molar-refractivity contribution is -0.149. The average Bonchev–Trinajstić information content (AvgIpc) is 3.02. The number of rotatable bonds is 3. The van der Waals surface area contributed by atoms with E-state index in [9.17, 15) is 14.5 Å². The summed E-state index contributed by atoms with van der Waals surface area (Å²) >= 11 is 0. The van der Waals surface area contributed by atoms with Crippen LogP contribution in [0.25, 0.3) is 16.9 Å². The summed E-state index contributed by atoms with van der Waals surface area (Å²) in [5.41, 5.74) is 4.11. The maximum Gasteiger partial charge on any atom is 0.306 e. The zero-order valence-corrected chi connectivity index (χ0v) is 15.3. The van der Waals surface area contributed by atoms with Crippen LogP contribution in [0.5, 0.6) is 0 Å². The van der Waals surface area contributed by atoms with Gasteiger partial charge in [-0.2, -0.15) is 0 Å². The van der Waals surface area contributed by atoms with Gasteiger partial charge >= 0.3 is 5.97 Å². The van der Waals surface area contributed by atoms with Gasteiger partial charge in [0.25, 0.3) is 5.88 Å². The van der Waals surface area contributed by atoms with Crippen molar-refractivity contribution in [2.45, 2.75) is 45.6 Å². The van der Waals surface area contributed by atoms with Crippen LogP contribution < -0.4 is 0 Å². The Morgan fingerprint density at radius 2 is 2.15 bits per heavy atom. The molecule has 0 N–H and O–H groups in total. The van der Waals surface area contributed by atoms with Crippen molar-refractivity contribution >= 4 is 23.2 Å². The van der Waals surface area contributed by atoms with Gasteiger partial charge in [0, 0.05) is 45.0 Å². The number of Topliss-reactive ketones (excluding diaryl/α,β-unsaturated/α-hetero) is 1. The van der Waals surface area contributed by atoms with Crippen LogP contribution in [0.3, 0.4) is 0 Å². The fraction of sp³-hybridized carbons (Fsp3) is 0.333. The summed E-state index contributed by atoms with van der Waals surface area (Å²) in [7, 11) is 0. The average molecular weight is 365 g/mol. The lowest BCUT2D eigenvalue weighted by Gasteiger charge is -2.30. The molecule has 6 nitrogen and oxygen atoms in total. The van der Waals surface area contributed by atoms with E-state index in [1.807, 2.05) is 12.1 Å². The second-order valence-electron chi connectivity index (χ2n) is 6.92. The van der Waals surface area contributed by atoms with Gasteiger partial charge in [-0.15, -0.1) is 4.91 Å². The van der Waals surface area contributed by atoms with Crippen LogP contribution in [0, 0.1) is 11.8 Å². The van der Waals surface area contributed by atoms with Crippen LogP contribution in [0.15, 0.2) is 28.3 Å². The number of furan rings is 1. The number of benzene rings is 1. The van der Waals surface area contributed by atoms with Crippen molar-refractivity contribution < 1.29 is 18.7 Å². The summed E-state index contributed by atoms with van der Waals surface area (Å²) in [6.45, 7) is 7.36. The topological polar surface area (TPSA) is 85.9 Å². The molecule has 1 heterocycles. The minimum atomic E-state index is -0.464. The Bertz CT molecular complexity index is 1010. The van der Waals surface area contributed by atoms with Crippen molar-refractivity contribution in [3.8, 4) is 11.3 Å². The van der Waals surface area contributed by atoms with Crippen molar-refractivity contribution in [1.29, 1.82) is 0 Å². The molecule has 0 bridgehead atoms. The maximum atomic E-state index is 13.2. The molecule has 0 saturated carbocycles. The predicted octanol–water partition coefficient (Wildman–Crippen LogP) is 5.19. The van der Waals surface area contributed by atoms with E-state index in [1.165, 1.54) is 0 Å². The third-order valence-electron chi connectivity index (χ3n) is 5.38. The highest BCUT2D eigenvalue weighted by molar-refractivity contribution is 6.34. The molecule has 2 aromatic rings. The van der Waals surface area contributed by atoms with Gasteiger partial charge in [-0.3, -0.25) is 9.59 Å². The van der Waals surface area contributed by atoms with E-state index in [0.717, 1.165) is 24.0 Å². The molecule has 4 rings (SSSR count). The zero-order valence-electron chi connectivity index (χ0n) is 15.3. The molecule has 0 aliphatic heterocycles. The van der Waals surface area contributed by atoms with Gasteiger partial charge in [0.05, 0.1) is 0 Å². The molecule has 1 aromatic carbocycles. The predicted molar refractivity (Wildman–Crippen MR) is 99.8 cm³/mol. The summed E-state index contributed by atoms with van der Waals surface area (Å²) in [4.78, 5) is 36.2. The molecule has 2 aliphatic carbocycles. The summed E-state index contributed by atoms with van der Waals surface area (Å²) in [5, 5.41) is 2.92. The number of nitroso groups, excluding NO2 is 1. The molecule has 27 heavy (non-hydrogen) atoms. The van der Waals surface area contributed by atoms with Gasteiger partial charge in [-0.25, -0.2) is 0 Å². The number of allylic oxidation sites excluding steroid dienone is 1. The molecule has 2 aliphatic rings. The second kappa shape index (κ2) is 6.30. The minimum Gasteiger partial charge on any atom is -0.457 e. The third-order valence-corrected chi connectivity index (χ3v) is 5.38. The van der Waals surface area contributed by atoms with E-state index >= 15 is 0 Å². The first-order valence-electron chi connectivity index (χ1n) is 9.04. The number of hydrogen-bond acceptors (Lipinski definition) is 6. The van der Waals surface area contributed by atoms with Crippen LogP contribution in [-0.4, -0.2) is 11.8 Å². The van der Waals surface area contributed by atoms with Crippen molar-refractivity contribution in [2.75, 3.05) is 0 Å². The second-order valence-corrected chi connectivity index (χ2v) is 6.92. The Labute approximate surface area is 156 Å². The van der Waals surface area contributed by atoms with Gasteiger partial charge in [-0.05, 0) is 31.7 Å². The van der Waals surface area contributed by atoms with Gasteiger partial charge in [0.2, 0.25) is 0 Å². The number of hydrogen-bond donors (Lipinski definition) is 0. The van der Waals surface area contributed by atoms with Gasteiger partial charge in [-0.1, -0.05) is 25.6 Å². The summed E-state index contributed by atoms with van der Waals surface area (Å²) in [6.07, 6.45) is 2.17. The SMILES string of the molecule is C=C1C(=O)c2c(ccc3c2C(OC(=O)CC)CCC3)-c2oc(N=O)c(C)c21. The molecule has 0 fully saturated rings. The van der Waals surface area contributed by atoms with Gasteiger partial charge < -0.3 is 9.15 Å². The Morgan fingerprint density at radius 1 is 1.37 bits per heavy atom. The third kappa shape index (κ3) is 2.47. The molecule has 0 spiro atoms. The van der Waals surface area contributed by atoms with E-state index < -0.39 is 6.10 Å². The number of fused-ring (bicyclic) bond motifs is 5. The van der Waals surface area contributed by atoms with E-state index in [0.29, 0.717) is 34.4 Å². The van der Waals surface area contributed by atoms with Gasteiger partial charge in [0.1, 0.15) is 11.9 Å². The van der Waals surface area contributed by atoms with Crippen molar-refractivity contribution in [3.63, 3.8) is 0 Å². The fourth-order valence-corrected chi connectivity index (χ4v) is 4.07. The Kier molecular flexibility index (Phi) is 4.06. The fourth-order valence-electron chi connectivity index (χ4n) is 4.07. The Balaban J connectivity index is 1.97. The highest BCUT2D eigenvalue weighted by Gasteiger charge is 2.38. The molecule has 0 amide bonds. The number of esters is 1. The normalized spacial score (nSPS) is 17.8. The van der Waals surface area contributed by atoms with Crippen LogP contribution in [0.1, 0.15) is 64.9 Å². The zero-order chi connectivity index (χ0) is 19.3. The largest absolute Gasteiger partial charge is 0.457 e. The van der Waals surface area contributed by atoms with Gasteiger partial charge in [0.15, 0.2) is 5.78 Å². The smallest absolute Gasteiger partial charge is 0.306 e. The lowest BCUT2D eigenvalue weighted by Crippen LogP contribution is -2.22. The van der Waals surface area contributed by atoms with Crippen LogP contribution in [-0.2, 0) is 16.0 Å². The molecular formula is C21H19NO5. The summed E-state index contributed by atoms with van der Waals surface area (Å²) in [6, 6.07) is 3.77. The Morgan fingerprint density at radius 3 is 2.85 bits per heavy atom. The number of carbonyl (C=O) groups excluding carboxylic acids is 2. The monoisotopic (exact) mass is 365 g/mol. The Hall–Kier alpha value is -3.02. The highest BCUT2D eigenvalue weighted by atomic mass is 16.5. The molecule has 0 radical (unpaired) electrons. The molecule has 6 heteroatoms. The molecule has 1 unspecified atom stereocenters. The first-order valence-corrected chi connectivity index (χ1v) is 9.04. The first-order chi connectivity index (χ1) is 13.0. The highest BCUT2D eigenvalue weighted by Crippen LogP contribution is 2.49. The molecule has 138 valence electrons. The molecule has 1 aromatic heterocycles. The van der Waals surface area contributed by atoms with Crippen LogP contribution >= 0.6 is 0 Å². The first kappa shape index (κ1) is 17.4. The summed E-state index contributed by atoms with van der Waals surface area (Å²) < 4.78 is 11.3. The van der Waals surface area contributed by atoms with Crippen LogP contribution in [0.4, 0.5) is 5.88 Å². The van der Waals surface area contributed by atoms with Crippen molar-refractivity contribution in [2.24, 2.45) is 5.18 Å². The number of aryl methyl sites for hydroxylation is 1. The lowest BCUT2D eigenvalue weighted by atomic mass is 9.76. The van der Waals surface area contributed by atoms with Crippen LogP contribution in [0.2, 0.25) is 0 Å². The van der Waals surface area contributed by atoms with E-state index in [-0.39, 0.29) is 29.6 Å².